The number of hydrogen-bond acceptors (Lipinski definition) is 6. The zero-order valence-corrected chi connectivity index (χ0v) is 14.0. The Morgan fingerprint density at radius 2 is 2.09 bits per heavy atom. The van der Waals surface area contributed by atoms with Gasteiger partial charge in [-0.2, -0.15) is 5.10 Å². The van der Waals surface area contributed by atoms with Crippen LogP contribution in [0.5, 0.6) is 0 Å². The zero-order chi connectivity index (χ0) is 16.3. The summed E-state index contributed by atoms with van der Waals surface area (Å²) in [6, 6.07) is 0. The molecule has 1 aromatic heterocycles. The minimum atomic E-state index is -0.932. The van der Waals surface area contributed by atoms with Gasteiger partial charge in [0.1, 0.15) is 0 Å². The zero-order valence-electron chi connectivity index (χ0n) is 12.4. The molecule has 1 saturated carbocycles. The molecule has 2 rings (SSSR count). The van der Waals surface area contributed by atoms with E-state index < -0.39 is 11.9 Å². The third-order valence-corrected chi connectivity index (χ3v) is 4.04. The monoisotopic (exact) mass is 372 g/mol. The van der Waals surface area contributed by atoms with E-state index in [1.165, 1.54) is 7.11 Å². The fourth-order valence-electron chi connectivity index (χ4n) is 1.95. The lowest BCUT2D eigenvalue weighted by molar-refractivity contribution is -0.137. The molecule has 0 unspecified atom stereocenters. The number of aromatic nitrogens is 2. The van der Waals surface area contributed by atoms with Crippen molar-refractivity contribution in [3.63, 3.8) is 0 Å². The van der Waals surface area contributed by atoms with E-state index in [1.54, 1.807) is 11.8 Å². The van der Waals surface area contributed by atoms with E-state index >= 15 is 0 Å². The van der Waals surface area contributed by atoms with Gasteiger partial charge in [-0.25, -0.2) is 9.59 Å². The second-order valence-corrected chi connectivity index (χ2v) is 5.64. The summed E-state index contributed by atoms with van der Waals surface area (Å²) in [5.41, 5.74) is 0.997. The summed E-state index contributed by atoms with van der Waals surface area (Å²) in [6.07, 6.45) is 2.09. The van der Waals surface area contributed by atoms with Crippen molar-refractivity contribution in [2.24, 2.45) is 0 Å². The third kappa shape index (κ3) is 3.56. The first-order valence-corrected chi connectivity index (χ1v) is 7.53. The van der Waals surface area contributed by atoms with Gasteiger partial charge in [0, 0.05) is 13.0 Å². The van der Waals surface area contributed by atoms with Crippen molar-refractivity contribution in [2.45, 2.75) is 25.3 Å². The summed E-state index contributed by atoms with van der Waals surface area (Å²) in [4.78, 5) is 23.6. The van der Waals surface area contributed by atoms with Crippen molar-refractivity contribution >= 4 is 27.9 Å². The van der Waals surface area contributed by atoms with Gasteiger partial charge in [0.25, 0.3) is 0 Å². The van der Waals surface area contributed by atoms with Crippen molar-refractivity contribution in [2.75, 3.05) is 20.8 Å². The quantitative estimate of drug-likeness (QED) is 0.315. The maximum atomic E-state index is 12.1. The number of nitrogens with zero attached hydrogens (tertiary/aromatic N) is 2. The molecule has 0 radical (unpaired) electrons. The number of methoxy groups -OCH3 is 2. The van der Waals surface area contributed by atoms with E-state index in [-0.39, 0.29) is 11.5 Å². The Morgan fingerprint density at radius 1 is 1.41 bits per heavy atom. The molecule has 8 heteroatoms. The molecule has 1 aliphatic carbocycles. The number of carbonyl (C=O) groups excluding carboxylic acids is 2. The van der Waals surface area contributed by atoms with Crippen molar-refractivity contribution in [1.82, 2.24) is 9.78 Å². The molecule has 7 nitrogen and oxygen atoms in total. The van der Waals surface area contributed by atoms with Crippen molar-refractivity contribution in [3.8, 4) is 0 Å². The van der Waals surface area contributed by atoms with E-state index in [1.807, 2.05) is 0 Å². The molecule has 0 amide bonds. The summed E-state index contributed by atoms with van der Waals surface area (Å²) in [5.74, 6) is -1.65. The Kier molecular flexibility index (Phi) is 5.36. The van der Waals surface area contributed by atoms with Gasteiger partial charge in [0.2, 0.25) is 0 Å². The Labute approximate surface area is 136 Å². The Hall–Kier alpha value is -1.67. The van der Waals surface area contributed by atoms with Crippen LogP contribution in [0.15, 0.2) is 16.8 Å². The van der Waals surface area contributed by atoms with Crippen LogP contribution in [0.25, 0.3) is 0 Å². The largest absolute Gasteiger partial charge is 0.490 e. The molecule has 0 atom stereocenters. The second-order valence-electron chi connectivity index (χ2n) is 4.84. The fourth-order valence-corrected chi connectivity index (χ4v) is 2.72. The maximum Gasteiger partial charge on any atom is 0.380 e. The van der Waals surface area contributed by atoms with Gasteiger partial charge < -0.3 is 14.2 Å². The first-order chi connectivity index (χ1) is 10.5. The lowest BCUT2D eigenvalue weighted by Gasteiger charge is -2.05. The highest BCUT2D eigenvalue weighted by atomic mass is 79.9. The van der Waals surface area contributed by atoms with E-state index in [2.05, 4.69) is 32.3 Å². The summed E-state index contributed by atoms with van der Waals surface area (Å²) >= 11 is 3.39. The molecule has 1 aliphatic rings. The fraction of sp³-hybridized carbons (Fsp3) is 0.500. The van der Waals surface area contributed by atoms with Crippen LogP contribution in [0.3, 0.4) is 0 Å². The number of hydrogen-bond donors (Lipinski definition) is 0. The summed E-state index contributed by atoms with van der Waals surface area (Å²) in [5, 5.41) is 4.24. The molecule has 1 fully saturated rings. The van der Waals surface area contributed by atoms with Crippen LogP contribution >= 0.6 is 15.9 Å². The molecule has 1 aromatic rings. The maximum absolute atomic E-state index is 12.1. The molecule has 1 heterocycles. The van der Waals surface area contributed by atoms with Gasteiger partial charge >= 0.3 is 11.9 Å². The number of ether oxygens (including phenoxy) is 3. The molecular weight excluding hydrogens is 356 g/mol. The van der Waals surface area contributed by atoms with E-state index in [0.717, 1.165) is 18.5 Å². The molecule has 120 valence electrons. The van der Waals surface area contributed by atoms with Crippen molar-refractivity contribution in [3.05, 3.63) is 28.2 Å². The Balaban J connectivity index is 2.21. The molecule has 0 saturated heterocycles. The predicted molar refractivity (Wildman–Crippen MR) is 80.3 cm³/mol. The number of carbonyl (C=O) groups is 2. The van der Waals surface area contributed by atoms with E-state index in [0.29, 0.717) is 23.5 Å². The topological polar surface area (TPSA) is 79.7 Å². The molecule has 0 aromatic carbocycles. The lowest BCUT2D eigenvalue weighted by Crippen LogP contribution is -2.16. The highest BCUT2D eigenvalue weighted by Gasteiger charge is 2.34. The van der Waals surface area contributed by atoms with Crippen LogP contribution in [0, 0.1) is 0 Å². The highest BCUT2D eigenvalue weighted by Crippen LogP contribution is 2.44. The SMILES string of the molecule is C=C(OC)C(=O)OC(=O)c1nn(CCOC)c(C2CC2)c1Br. The van der Waals surface area contributed by atoms with Crippen LogP contribution in [0.4, 0.5) is 0 Å². The van der Waals surface area contributed by atoms with Gasteiger partial charge in [0.15, 0.2) is 11.5 Å². The molecule has 0 spiro atoms. The molecule has 0 bridgehead atoms. The number of rotatable bonds is 7. The second kappa shape index (κ2) is 7.06. The highest BCUT2D eigenvalue weighted by molar-refractivity contribution is 9.10. The third-order valence-electron chi connectivity index (χ3n) is 3.26. The van der Waals surface area contributed by atoms with E-state index in [4.69, 9.17) is 9.47 Å². The van der Waals surface area contributed by atoms with Gasteiger partial charge in [-0.3, -0.25) is 4.68 Å². The van der Waals surface area contributed by atoms with Gasteiger partial charge in [-0.15, -0.1) is 0 Å². The predicted octanol–water partition coefficient (Wildman–Crippen LogP) is 2.01. The number of esters is 2. The minimum absolute atomic E-state index is 0.0651. The first kappa shape index (κ1) is 16.7. The van der Waals surface area contributed by atoms with Gasteiger partial charge in [-0.05, 0) is 35.4 Å². The summed E-state index contributed by atoms with van der Waals surface area (Å²) in [6.45, 7) is 4.34. The Bertz CT molecular complexity index is 607. The normalized spacial score (nSPS) is 13.8. The van der Waals surface area contributed by atoms with Crippen molar-refractivity contribution < 1.29 is 23.8 Å². The van der Waals surface area contributed by atoms with Gasteiger partial charge in [-0.1, -0.05) is 0 Å². The van der Waals surface area contributed by atoms with Gasteiger partial charge in [0.05, 0.1) is 30.4 Å². The van der Waals surface area contributed by atoms with Crippen LogP contribution in [-0.4, -0.2) is 42.5 Å². The standard InChI is InChI=1S/C14H17BrN2O5/c1-8(21-3)13(18)22-14(19)11-10(15)12(9-4-5-9)17(16-11)6-7-20-2/h9H,1,4-7H2,2-3H3. The Morgan fingerprint density at radius 3 is 2.64 bits per heavy atom. The molecule has 0 aliphatic heterocycles. The van der Waals surface area contributed by atoms with Crippen LogP contribution in [-0.2, 0) is 25.5 Å². The molecule has 22 heavy (non-hydrogen) atoms. The lowest BCUT2D eigenvalue weighted by atomic mass is 10.2. The molecule has 0 N–H and O–H groups in total. The molecular formula is C14H17BrN2O5. The van der Waals surface area contributed by atoms with Crippen LogP contribution in [0.2, 0.25) is 0 Å². The summed E-state index contributed by atoms with van der Waals surface area (Å²) in [7, 11) is 2.87. The van der Waals surface area contributed by atoms with Crippen LogP contribution in [0.1, 0.15) is 34.9 Å². The average Bonchev–Trinajstić information content (AvgIpc) is 3.27. The average molecular weight is 373 g/mol. The first-order valence-electron chi connectivity index (χ1n) is 6.74. The van der Waals surface area contributed by atoms with E-state index in [9.17, 15) is 9.59 Å². The smallest absolute Gasteiger partial charge is 0.380 e. The minimum Gasteiger partial charge on any atom is -0.490 e. The van der Waals surface area contributed by atoms with Crippen LogP contribution < -0.4 is 0 Å². The summed E-state index contributed by atoms with van der Waals surface area (Å²) < 4.78 is 16.7. The number of halogens is 1. The van der Waals surface area contributed by atoms with Crippen molar-refractivity contribution in [1.29, 1.82) is 0 Å².